The van der Waals surface area contributed by atoms with Gasteiger partial charge in [0.2, 0.25) is 0 Å². The summed E-state index contributed by atoms with van der Waals surface area (Å²) in [4.78, 5) is 16.8. The van der Waals surface area contributed by atoms with Gasteiger partial charge in [0.15, 0.2) is 5.69 Å². The number of thiazole rings is 1. The van der Waals surface area contributed by atoms with E-state index in [4.69, 9.17) is 4.74 Å². The van der Waals surface area contributed by atoms with E-state index in [0.717, 1.165) is 9.88 Å². The Hall–Kier alpha value is -1.76. The highest BCUT2D eigenvalue weighted by atomic mass is 32.1. The van der Waals surface area contributed by atoms with Crippen molar-refractivity contribution in [2.24, 2.45) is 0 Å². The van der Waals surface area contributed by atoms with Crippen LogP contribution in [0.5, 0.6) is 0 Å². The Morgan fingerprint density at radius 2 is 2.28 bits per heavy atom. The van der Waals surface area contributed by atoms with Gasteiger partial charge in [-0.05, 0) is 20.8 Å². The van der Waals surface area contributed by atoms with Crippen LogP contribution < -0.4 is 0 Å². The fraction of sp³-hybridized carbons (Fsp3) is 0.455. The molecule has 0 aliphatic carbocycles. The van der Waals surface area contributed by atoms with E-state index in [-0.39, 0.29) is 5.69 Å². The number of rotatable bonds is 4. The Bertz CT molecular complexity index is 561. The van der Waals surface area contributed by atoms with Crippen molar-refractivity contribution in [2.45, 2.75) is 27.3 Å². The van der Waals surface area contributed by atoms with Crippen LogP contribution >= 0.6 is 11.3 Å². The van der Waals surface area contributed by atoms with Gasteiger partial charge in [-0.25, -0.2) is 14.5 Å². The van der Waals surface area contributed by atoms with Crippen molar-refractivity contribution in [2.75, 3.05) is 6.61 Å². The van der Waals surface area contributed by atoms with E-state index < -0.39 is 5.97 Å². The van der Waals surface area contributed by atoms with Crippen LogP contribution in [0.15, 0.2) is 6.20 Å². The van der Waals surface area contributed by atoms with Gasteiger partial charge < -0.3 is 4.74 Å². The molecule has 2 aromatic heterocycles. The van der Waals surface area contributed by atoms with Crippen molar-refractivity contribution in [1.82, 2.24) is 20.0 Å². The molecule has 7 heteroatoms. The topological polar surface area (TPSA) is 69.9 Å². The molecule has 2 heterocycles. The molecule has 0 fully saturated rings. The number of aryl methyl sites for hydroxylation is 1. The van der Waals surface area contributed by atoms with Gasteiger partial charge >= 0.3 is 5.97 Å². The van der Waals surface area contributed by atoms with Crippen LogP contribution in [-0.4, -0.2) is 32.6 Å². The first kappa shape index (κ1) is 12.7. The molecule has 0 saturated carbocycles. The summed E-state index contributed by atoms with van der Waals surface area (Å²) in [5.41, 5.74) is 0.984. The summed E-state index contributed by atoms with van der Waals surface area (Å²) in [5.74, 6) is -0.429. The maximum absolute atomic E-state index is 11.6. The van der Waals surface area contributed by atoms with Crippen LogP contribution in [0.3, 0.4) is 0 Å². The van der Waals surface area contributed by atoms with Gasteiger partial charge in [0, 0.05) is 11.1 Å². The standard InChI is InChI=1S/C11H14N4O2S/c1-4-17-11(16)10-7(2)15(14-13-10)6-9-5-12-8(3)18-9/h5H,4,6H2,1-3H3. The van der Waals surface area contributed by atoms with E-state index in [2.05, 4.69) is 15.3 Å². The second-order valence-corrected chi connectivity index (χ2v) is 5.07. The van der Waals surface area contributed by atoms with Crippen molar-refractivity contribution >= 4 is 17.3 Å². The fourth-order valence-electron chi connectivity index (χ4n) is 1.52. The van der Waals surface area contributed by atoms with Gasteiger partial charge in [0.05, 0.1) is 23.9 Å². The van der Waals surface area contributed by atoms with Crippen molar-refractivity contribution in [3.8, 4) is 0 Å². The molecule has 0 aliphatic rings. The van der Waals surface area contributed by atoms with E-state index >= 15 is 0 Å². The number of esters is 1. The average molecular weight is 266 g/mol. The van der Waals surface area contributed by atoms with Crippen LogP contribution in [0.25, 0.3) is 0 Å². The van der Waals surface area contributed by atoms with E-state index in [1.54, 1.807) is 29.9 Å². The first-order chi connectivity index (χ1) is 8.61. The van der Waals surface area contributed by atoms with Crippen LogP contribution in [0.1, 0.15) is 33.0 Å². The first-order valence-electron chi connectivity index (χ1n) is 5.60. The largest absolute Gasteiger partial charge is 0.461 e. The number of carbonyl (C=O) groups is 1. The van der Waals surface area contributed by atoms with Crippen LogP contribution in [0, 0.1) is 13.8 Å². The average Bonchev–Trinajstić information content (AvgIpc) is 2.88. The summed E-state index contributed by atoms with van der Waals surface area (Å²) in [7, 11) is 0. The molecule has 0 aromatic carbocycles. The molecule has 0 bridgehead atoms. The molecule has 96 valence electrons. The lowest BCUT2D eigenvalue weighted by atomic mass is 10.3. The minimum Gasteiger partial charge on any atom is -0.461 e. The maximum atomic E-state index is 11.6. The molecule has 6 nitrogen and oxygen atoms in total. The molecule has 0 N–H and O–H groups in total. The molecular weight excluding hydrogens is 252 g/mol. The molecule has 2 aromatic rings. The van der Waals surface area contributed by atoms with Crippen molar-refractivity contribution < 1.29 is 9.53 Å². The quantitative estimate of drug-likeness (QED) is 0.786. The third kappa shape index (κ3) is 2.56. The molecular formula is C11H14N4O2S. The summed E-state index contributed by atoms with van der Waals surface area (Å²) in [6.45, 7) is 6.42. The van der Waals surface area contributed by atoms with Gasteiger partial charge in [-0.3, -0.25) is 0 Å². The second-order valence-electron chi connectivity index (χ2n) is 3.75. The van der Waals surface area contributed by atoms with Crippen LogP contribution in [-0.2, 0) is 11.3 Å². The highest BCUT2D eigenvalue weighted by molar-refractivity contribution is 7.11. The maximum Gasteiger partial charge on any atom is 0.360 e. The highest BCUT2D eigenvalue weighted by Gasteiger charge is 2.17. The van der Waals surface area contributed by atoms with Gasteiger partial charge in [0.1, 0.15) is 0 Å². The zero-order chi connectivity index (χ0) is 13.1. The second kappa shape index (κ2) is 5.26. The molecule has 0 atom stereocenters. The molecule has 0 unspecified atom stereocenters. The highest BCUT2D eigenvalue weighted by Crippen LogP contribution is 2.14. The number of hydrogen-bond acceptors (Lipinski definition) is 6. The molecule has 0 amide bonds. The Kier molecular flexibility index (Phi) is 3.71. The number of hydrogen-bond donors (Lipinski definition) is 0. The van der Waals surface area contributed by atoms with E-state index in [1.165, 1.54) is 0 Å². The zero-order valence-corrected chi connectivity index (χ0v) is 11.3. The van der Waals surface area contributed by atoms with Crippen molar-refractivity contribution in [3.05, 3.63) is 27.5 Å². The Morgan fingerprint density at radius 1 is 1.50 bits per heavy atom. The van der Waals surface area contributed by atoms with Gasteiger partial charge in [-0.15, -0.1) is 16.4 Å². The molecule has 0 spiro atoms. The third-order valence-electron chi connectivity index (χ3n) is 2.43. The van der Waals surface area contributed by atoms with E-state index in [9.17, 15) is 4.79 Å². The lowest BCUT2D eigenvalue weighted by molar-refractivity contribution is 0.0518. The minimum absolute atomic E-state index is 0.276. The normalized spacial score (nSPS) is 10.6. The van der Waals surface area contributed by atoms with Gasteiger partial charge in [-0.2, -0.15) is 0 Å². The van der Waals surface area contributed by atoms with Gasteiger partial charge in [-0.1, -0.05) is 5.21 Å². The predicted octanol–water partition coefficient (Wildman–Crippen LogP) is 1.58. The number of ether oxygens (including phenoxy) is 1. The molecule has 2 rings (SSSR count). The SMILES string of the molecule is CCOC(=O)c1nnn(Cc2cnc(C)s2)c1C. The smallest absolute Gasteiger partial charge is 0.360 e. The lowest BCUT2D eigenvalue weighted by Crippen LogP contribution is -2.08. The zero-order valence-electron chi connectivity index (χ0n) is 10.5. The molecule has 0 radical (unpaired) electrons. The summed E-state index contributed by atoms with van der Waals surface area (Å²) in [5, 5.41) is 8.84. The summed E-state index contributed by atoms with van der Waals surface area (Å²) in [6, 6.07) is 0. The van der Waals surface area contributed by atoms with Crippen LogP contribution in [0.4, 0.5) is 0 Å². The van der Waals surface area contributed by atoms with Gasteiger partial charge in [0.25, 0.3) is 0 Å². The number of carbonyl (C=O) groups excluding carboxylic acids is 1. The monoisotopic (exact) mass is 266 g/mol. The fourth-order valence-corrected chi connectivity index (χ4v) is 2.30. The summed E-state index contributed by atoms with van der Waals surface area (Å²) in [6.07, 6.45) is 1.81. The Labute approximate surface area is 109 Å². The molecule has 0 aliphatic heterocycles. The number of nitrogens with zero attached hydrogens (tertiary/aromatic N) is 4. The predicted molar refractivity (Wildman–Crippen MR) is 66.7 cm³/mol. The molecule has 18 heavy (non-hydrogen) atoms. The van der Waals surface area contributed by atoms with E-state index in [0.29, 0.717) is 18.8 Å². The first-order valence-corrected chi connectivity index (χ1v) is 6.42. The van der Waals surface area contributed by atoms with E-state index in [1.807, 2.05) is 13.1 Å². The number of aromatic nitrogens is 4. The Morgan fingerprint density at radius 3 is 2.89 bits per heavy atom. The van der Waals surface area contributed by atoms with Crippen molar-refractivity contribution in [3.63, 3.8) is 0 Å². The Balaban J connectivity index is 2.18. The minimum atomic E-state index is -0.429. The molecule has 0 saturated heterocycles. The summed E-state index contributed by atoms with van der Waals surface area (Å²) < 4.78 is 6.59. The van der Waals surface area contributed by atoms with Crippen LogP contribution in [0.2, 0.25) is 0 Å². The third-order valence-corrected chi connectivity index (χ3v) is 3.32. The summed E-state index contributed by atoms with van der Waals surface area (Å²) >= 11 is 1.60. The van der Waals surface area contributed by atoms with Crippen molar-refractivity contribution in [1.29, 1.82) is 0 Å². The lowest BCUT2D eigenvalue weighted by Gasteiger charge is -2.01.